The lowest BCUT2D eigenvalue weighted by atomic mass is 10.3. The molecule has 2 N–H and O–H groups in total. The molecular formula is C8H11F2N3O2. The second-order valence-corrected chi connectivity index (χ2v) is 2.94. The van der Waals surface area contributed by atoms with Gasteiger partial charge in [0.25, 0.3) is 6.43 Å². The minimum atomic E-state index is -2.57. The molecule has 0 radical (unpaired) electrons. The number of carbonyl (C=O) groups excluding carboxylic acids is 1. The van der Waals surface area contributed by atoms with Crippen LogP contribution in [0.4, 0.5) is 19.4 Å². The van der Waals surface area contributed by atoms with Crippen LogP contribution in [-0.2, 0) is 0 Å². The Morgan fingerprint density at radius 1 is 1.53 bits per heavy atom. The fourth-order valence-electron chi connectivity index (χ4n) is 0.856. The number of rotatable bonds is 3. The topological polar surface area (TPSA) is 67.2 Å². The van der Waals surface area contributed by atoms with Crippen LogP contribution in [0.2, 0.25) is 0 Å². The van der Waals surface area contributed by atoms with Gasteiger partial charge in [0.05, 0.1) is 6.54 Å². The predicted octanol–water partition coefficient (Wildman–Crippen LogP) is 1.68. The normalized spacial score (nSPS) is 10.5. The number of anilines is 1. The molecule has 1 heterocycles. The molecule has 0 bridgehead atoms. The van der Waals surface area contributed by atoms with E-state index in [2.05, 4.69) is 10.5 Å². The Morgan fingerprint density at radius 2 is 2.20 bits per heavy atom. The van der Waals surface area contributed by atoms with E-state index < -0.39 is 19.0 Å². The molecule has 0 saturated carbocycles. The number of nitrogens with one attached hydrogen (secondary N) is 2. The SMILES string of the molecule is Cc1onc(NC(=O)NCC(F)F)c1C. The van der Waals surface area contributed by atoms with Gasteiger partial charge in [-0.1, -0.05) is 5.16 Å². The zero-order chi connectivity index (χ0) is 11.4. The quantitative estimate of drug-likeness (QED) is 0.812. The maximum Gasteiger partial charge on any atom is 0.320 e. The van der Waals surface area contributed by atoms with Gasteiger partial charge in [0.15, 0.2) is 5.82 Å². The molecule has 0 spiro atoms. The minimum Gasteiger partial charge on any atom is -0.359 e. The molecule has 1 aromatic rings. The summed E-state index contributed by atoms with van der Waals surface area (Å²) in [6.07, 6.45) is -2.57. The van der Waals surface area contributed by atoms with Crippen LogP contribution >= 0.6 is 0 Å². The van der Waals surface area contributed by atoms with Crippen molar-refractivity contribution in [3.63, 3.8) is 0 Å². The highest BCUT2D eigenvalue weighted by Gasteiger charge is 2.12. The van der Waals surface area contributed by atoms with E-state index in [0.29, 0.717) is 11.3 Å². The van der Waals surface area contributed by atoms with Gasteiger partial charge in [-0.25, -0.2) is 13.6 Å². The molecule has 5 nitrogen and oxygen atoms in total. The molecule has 0 fully saturated rings. The first kappa shape index (κ1) is 11.4. The van der Waals surface area contributed by atoms with Crippen LogP contribution in [-0.4, -0.2) is 24.2 Å². The zero-order valence-corrected chi connectivity index (χ0v) is 8.30. The van der Waals surface area contributed by atoms with Crippen LogP contribution in [0.1, 0.15) is 11.3 Å². The maximum absolute atomic E-state index is 11.7. The molecule has 0 unspecified atom stereocenters. The van der Waals surface area contributed by atoms with Gasteiger partial charge in [0.2, 0.25) is 0 Å². The van der Waals surface area contributed by atoms with Crippen molar-refractivity contribution in [2.45, 2.75) is 20.3 Å². The van der Waals surface area contributed by atoms with E-state index in [0.717, 1.165) is 0 Å². The third kappa shape index (κ3) is 3.19. The highest BCUT2D eigenvalue weighted by Crippen LogP contribution is 2.15. The van der Waals surface area contributed by atoms with E-state index >= 15 is 0 Å². The number of carbonyl (C=O) groups is 1. The van der Waals surface area contributed by atoms with E-state index in [1.54, 1.807) is 13.8 Å². The Bertz CT molecular complexity index is 352. The lowest BCUT2D eigenvalue weighted by molar-refractivity contribution is 0.148. The number of amides is 2. The van der Waals surface area contributed by atoms with Crippen molar-refractivity contribution in [1.82, 2.24) is 10.5 Å². The zero-order valence-electron chi connectivity index (χ0n) is 8.30. The average molecular weight is 219 g/mol. The molecule has 0 saturated heterocycles. The molecule has 0 aliphatic carbocycles. The molecule has 15 heavy (non-hydrogen) atoms. The summed E-state index contributed by atoms with van der Waals surface area (Å²) in [6, 6.07) is -0.730. The highest BCUT2D eigenvalue weighted by molar-refractivity contribution is 5.88. The summed E-state index contributed by atoms with van der Waals surface area (Å²) < 4.78 is 28.3. The van der Waals surface area contributed by atoms with Gasteiger partial charge in [-0.05, 0) is 13.8 Å². The van der Waals surface area contributed by atoms with E-state index in [1.807, 2.05) is 5.32 Å². The van der Waals surface area contributed by atoms with Crippen LogP contribution in [0.25, 0.3) is 0 Å². The Morgan fingerprint density at radius 3 is 2.67 bits per heavy atom. The van der Waals surface area contributed by atoms with Crippen molar-refractivity contribution in [3.8, 4) is 0 Å². The van der Waals surface area contributed by atoms with Gasteiger partial charge in [-0.15, -0.1) is 0 Å². The Hall–Kier alpha value is -1.66. The van der Waals surface area contributed by atoms with Crippen LogP contribution in [0, 0.1) is 13.8 Å². The first-order valence-electron chi connectivity index (χ1n) is 4.26. The van der Waals surface area contributed by atoms with Crippen LogP contribution in [0.15, 0.2) is 4.52 Å². The number of halogens is 2. The second-order valence-electron chi connectivity index (χ2n) is 2.94. The van der Waals surface area contributed by atoms with Gasteiger partial charge >= 0.3 is 6.03 Å². The van der Waals surface area contributed by atoms with Gasteiger partial charge in [-0.3, -0.25) is 5.32 Å². The number of hydrogen-bond donors (Lipinski definition) is 2. The summed E-state index contributed by atoms with van der Waals surface area (Å²) in [5.41, 5.74) is 0.669. The fourth-order valence-corrected chi connectivity index (χ4v) is 0.856. The molecule has 0 aliphatic rings. The van der Waals surface area contributed by atoms with Gasteiger partial charge < -0.3 is 9.84 Å². The second kappa shape index (κ2) is 4.72. The standard InChI is InChI=1S/C8H11F2N3O2/c1-4-5(2)15-13-7(4)12-8(14)11-3-6(9)10/h6H,3H2,1-2H3,(H2,11,12,13,14). The van der Waals surface area contributed by atoms with E-state index in [9.17, 15) is 13.6 Å². The monoisotopic (exact) mass is 219 g/mol. The summed E-state index contributed by atoms with van der Waals surface area (Å²) >= 11 is 0. The molecule has 0 aromatic carbocycles. The fraction of sp³-hybridized carbons (Fsp3) is 0.500. The van der Waals surface area contributed by atoms with Crippen molar-refractivity contribution in [2.75, 3.05) is 11.9 Å². The molecule has 1 aromatic heterocycles. The number of aromatic nitrogens is 1. The Balaban J connectivity index is 2.48. The van der Waals surface area contributed by atoms with Crippen molar-refractivity contribution in [2.24, 2.45) is 0 Å². The summed E-state index contributed by atoms with van der Waals surface area (Å²) in [6.45, 7) is 2.70. The smallest absolute Gasteiger partial charge is 0.320 e. The summed E-state index contributed by atoms with van der Waals surface area (Å²) in [5, 5.41) is 7.83. The Kier molecular flexibility index (Phi) is 3.59. The van der Waals surface area contributed by atoms with Crippen molar-refractivity contribution in [3.05, 3.63) is 11.3 Å². The molecule has 84 valence electrons. The van der Waals surface area contributed by atoms with E-state index in [-0.39, 0.29) is 5.82 Å². The minimum absolute atomic E-state index is 0.235. The van der Waals surface area contributed by atoms with Gasteiger partial charge in [-0.2, -0.15) is 0 Å². The van der Waals surface area contributed by atoms with E-state index in [1.165, 1.54) is 0 Å². The predicted molar refractivity (Wildman–Crippen MR) is 49.0 cm³/mol. The molecule has 1 rings (SSSR count). The van der Waals surface area contributed by atoms with Crippen molar-refractivity contribution < 1.29 is 18.1 Å². The molecule has 0 aliphatic heterocycles. The van der Waals surface area contributed by atoms with Crippen molar-refractivity contribution in [1.29, 1.82) is 0 Å². The largest absolute Gasteiger partial charge is 0.359 e. The third-order valence-corrected chi connectivity index (χ3v) is 1.81. The van der Waals surface area contributed by atoms with Gasteiger partial charge in [0, 0.05) is 5.56 Å². The van der Waals surface area contributed by atoms with Crippen LogP contribution < -0.4 is 10.6 Å². The Labute approximate surface area is 84.8 Å². The lowest BCUT2D eigenvalue weighted by Gasteiger charge is -2.04. The molecule has 7 heteroatoms. The molecule has 0 atom stereocenters. The number of aryl methyl sites for hydroxylation is 1. The average Bonchev–Trinajstić information content (AvgIpc) is 2.47. The van der Waals surface area contributed by atoms with Gasteiger partial charge in [0.1, 0.15) is 5.76 Å². The van der Waals surface area contributed by atoms with E-state index in [4.69, 9.17) is 4.52 Å². The molecule has 2 amide bonds. The summed E-state index contributed by atoms with van der Waals surface area (Å²) in [4.78, 5) is 11.0. The first-order chi connectivity index (χ1) is 7.00. The summed E-state index contributed by atoms with van der Waals surface area (Å²) in [7, 11) is 0. The summed E-state index contributed by atoms with van der Waals surface area (Å²) in [5.74, 6) is 0.804. The lowest BCUT2D eigenvalue weighted by Crippen LogP contribution is -2.32. The number of nitrogens with zero attached hydrogens (tertiary/aromatic N) is 1. The number of hydrogen-bond acceptors (Lipinski definition) is 3. The van der Waals surface area contributed by atoms with Crippen LogP contribution in [0.5, 0.6) is 0 Å². The first-order valence-corrected chi connectivity index (χ1v) is 4.26. The highest BCUT2D eigenvalue weighted by atomic mass is 19.3. The van der Waals surface area contributed by atoms with Crippen LogP contribution in [0.3, 0.4) is 0 Å². The van der Waals surface area contributed by atoms with Crippen molar-refractivity contribution >= 4 is 11.8 Å². The number of urea groups is 1. The molecular weight excluding hydrogens is 208 g/mol. The maximum atomic E-state index is 11.7. The number of alkyl halides is 2. The third-order valence-electron chi connectivity index (χ3n) is 1.81.